The number of carbonyl (C=O) groups excluding carboxylic acids is 4. The third-order valence-electron chi connectivity index (χ3n) is 8.10. The number of rotatable bonds is 27. The van der Waals surface area contributed by atoms with Gasteiger partial charge in [-0.2, -0.15) is 0 Å². The van der Waals surface area contributed by atoms with E-state index in [2.05, 4.69) is 50.0 Å². The Morgan fingerprint density at radius 2 is 1.56 bits per heavy atom. The highest BCUT2D eigenvalue weighted by molar-refractivity contribution is 5.93. The van der Waals surface area contributed by atoms with Crippen molar-refractivity contribution in [3.8, 4) is 0 Å². The average Bonchev–Trinajstić information content (AvgIpc) is 3.08. The summed E-state index contributed by atoms with van der Waals surface area (Å²) < 4.78 is 0. The van der Waals surface area contributed by atoms with E-state index < -0.39 is 42.2 Å². The molecule has 1 aromatic heterocycles. The highest BCUT2D eigenvalue weighted by Gasteiger charge is 2.28. The maximum Gasteiger partial charge on any atom is 0.344 e. The van der Waals surface area contributed by atoms with Crippen molar-refractivity contribution < 1.29 is 24.3 Å². The number of nitrogens with zero attached hydrogens (tertiary/aromatic N) is 3. The van der Waals surface area contributed by atoms with E-state index in [1.54, 1.807) is 6.20 Å². The van der Waals surface area contributed by atoms with Gasteiger partial charge in [-0.05, 0) is 70.5 Å². The number of nitrogens with two attached hydrogens (primary N) is 2. The van der Waals surface area contributed by atoms with Crippen molar-refractivity contribution in [1.82, 2.24) is 41.1 Å². The Bertz CT molecular complexity index is 1210. The lowest BCUT2D eigenvalue weighted by Crippen LogP contribution is -2.56. The number of amides is 4. The van der Waals surface area contributed by atoms with Crippen LogP contribution >= 0.6 is 0 Å². The summed E-state index contributed by atoms with van der Waals surface area (Å²) >= 11 is 0. The van der Waals surface area contributed by atoms with E-state index in [0.717, 1.165) is 51.7 Å². The molecular formula is C34H62N10O6. The van der Waals surface area contributed by atoms with Gasteiger partial charge in [0.25, 0.3) is 0 Å². The van der Waals surface area contributed by atoms with Crippen molar-refractivity contribution in [2.24, 2.45) is 17.5 Å². The van der Waals surface area contributed by atoms with Crippen molar-refractivity contribution in [1.29, 1.82) is 0 Å². The van der Waals surface area contributed by atoms with E-state index in [1.165, 1.54) is 17.4 Å². The first-order chi connectivity index (χ1) is 23.9. The summed E-state index contributed by atoms with van der Waals surface area (Å²) in [5.74, 6) is 3.96. The first-order valence-corrected chi connectivity index (χ1v) is 17.9. The van der Waals surface area contributed by atoms with Gasteiger partial charge in [0.2, 0.25) is 23.6 Å². The maximum absolute atomic E-state index is 13.4. The molecule has 0 aliphatic carbocycles. The lowest BCUT2D eigenvalue weighted by atomic mass is 10.0. The smallest absolute Gasteiger partial charge is 0.344 e. The molecule has 4 amide bonds. The molecule has 0 unspecified atom stereocenters. The molecule has 1 aromatic rings. The summed E-state index contributed by atoms with van der Waals surface area (Å²) in [6.45, 7) is 10.5. The van der Waals surface area contributed by atoms with Crippen molar-refractivity contribution in [3.05, 3.63) is 34.6 Å². The van der Waals surface area contributed by atoms with E-state index in [-0.39, 0.29) is 24.8 Å². The van der Waals surface area contributed by atoms with Gasteiger partial charge < -0.3 is 47.0 Å². The monoisotopic (exact) mass is 706 g/mol. The molecule has 16 nitrogen and oxygen atoms in total. The third-order valence-corrected chi connectivity index (χ3v) is 8.10. The Morgan fingerprint density at radius 3 is 2.16 bits per heavy atom. The van der Waals surface area contributed by atoms with Gasteiger partial charge in [-0.15, -0.1) is 0 Å². The second kappa shape index (κ2) is 25.9. The zero-order chi connectivity index (χ0) is 37.3. The van der Waals surface area contributed by atoms with Gasteiger partial charge in [0.15, 0.2) is 0 Å². The maximum atomic E-state index is 13.4. The number of H-pyrrole nitrogens is 1. The molecule has 2 atom stereocenters. The molecule has 1 rings (SSSR count). The molecule has 0 spiro atoms. The molecule has 16 heteroatoms. The summed E-state index contributed by atoms with van der Waals surface area (Å²) in [6.07, 6.45) is 12.9. The Balaban J connectivity index is 2.69. The highest BCUT2D eigenvalue weighted by atomic mass is 16.3. The van der Waals surface area contributed by atoms with Crippen LogP contribution in [0.25, 0.3) is 5.70 Å². The molecule has 0 aliphatic rings. The number of unbranched alkanes of at least 4 members (excludes halogenated alkanes) is 5. The minimum Gasteiger partial charge on any atom is -0.397 e. The van der Waals surface area contributed by atoms with Gasteiger partial charge >= 0.3 is 5.69 Å². The second-order valence-corrected chi connectivity index (χ2v) is 12.8. The number of hydrogen-bond acceptors (Lipinski definition) is 11. The normalized spacial score (nSPS) is 12.8. The Hall–Kier alpha value is -4.02. The van der Waals surface area contributed by atoms with Crippen LogP contribution in [0.4, 0.5) is 0 Å². The van der Waals surface area contributed by atoms with Crippen LogP contribution < -0.4 is 38.5 Å². The van der Waals surface area contributed by atoms with E-state index in [9.17, 15) is 24.0 Å². The fourth-order valence-electron chi connectivity index (χ4n) is 5.11. The van der Waals surface area contributed by atoms with Gasteiger partial charge in [0.05, 0.1) is 12.2 Å². The molecule has 284 valence electrons. The number of aromatic amines is 1. The van der Waals surface area contributed by atoms with Crippen molar-refractivity contribution in [2.45, 2.75) is 110 Å². The SMILES string of the molecule is CCCCN(CCCC)CCCC[C@H](NC(=O)[C@@H](NC(=O)CCCCCN(N)/C=C(\N)c1cnc(=O)[nH]c1)C(C)C)C(=O)NCC(=O)NCO. The lowest BCUT2D eigenvalue weighted by molar-refractivity contribution is -0.133. The molecule has 0 fully saturated rings. The summed E-state index contributed by atoms with van der Waals surface area (Å²) in [5.41, 5.74) is 6.41. The average molecular weight is 707 g/mol. The zero-order valence-electron chi connectivity index (χ0n) is 30.5. The summed E-state index contributed by atoms with van der Waals surface area (Å²) in [4.78, 5) is 70.9. The van der Waals surface area contributed by atoms with Crippen molar-refractivity contribution >= 4 is 29.3 Å². The molecule has 0 aliphatic heterocycles. The molecule has 10 N–H and O–H groups in total. The van der Waals surface area contributed by atoms with Crippen molar-refractivity contribution in [2.75, 3.05) is 39.5 Å². The number of hydrogen-bond donors (Lipinski definition) is 8. The largest absolute Gasteiger partial charge is 0.397 e. The molecule has 0 saturated carbocycles. The zero-order valence-corrected chi connectivity index (χ0v) is 30.5. The van der Waals surface area contributed by atoms with Crippen LogP contribution in [0.3, 0.4) is 0 Å². The van der Waals surface area contributed by atoms with Crippen LogP contribution in [0.15, 0.2) is 23.4 Å². The Labute approximate surface area is 296 Å². The fraction of sp³-hybridized carbons (Fsp3) is 0.706. The quantitative estimate of drug-likeness (QED) is 0.0273. The molecule has 0 aromatic carbocycles. The van der Waals surface area contributed by atoms with Gasteiger partial charge in [0, 0.05) is 37.1 Å². The molecular weight excluding hydrogens is 644 g/mol. The molecule has 0 bridgehead atoms. The van der Waals surface area contributed by atoms with Crippen LogP contribution in [0.1, 0.15) is 104 Å². The Morgan fingerprint density at radius 1 is 0.900 bits per heavy atom. The number of aliphatic hydroxyl groups excluding tert-OH is 1. The van der Waals surface area contributed by atoms with Crippen LogP contribution in [-0.4, -0.2) is 100 Å². The first kappa shape index (κ1) is 44.0. The van der Waals surface area contributed by atoms with Crippen LogP contribution in [-0.2, 0) is 19.2 Å². The van der Waals surface area contributed by atoms with Gasteiger partial charge in [-0.1, -0.05) is 47.0 Å². The molecule has 0 saturated heterocycles. The lowest BCUT2D eigenvalue weighted by Gasteiger charge is -2.26. The summed E-state index contributed by atoms with van der Waals surface area (Å²) in [5, 5.41) is 20.7. The van der Waals surface area contributed by atoms with Gasteiger partial charge in [0.1, 0.15) is 18.8 Å². The topological polar surface area (TPSA) is 241 Å². The van der Waals surface area contributed by atoms with E-state index in [0.29, 0.717) is 49.9 Å². The molecule has 1 heterocycles. The van der Waals surface area contributed by atoms with Crippen LogP contribution in [0.5, 0.6) is 0 Å². The summed E-state index contributed by atoms with van der Waals surface area (Å²) in [7, 11) is 0. The van der Waals surface area contributed by atoms with E-state index in [1.807, 2.05) is 13.8 Å². The molecule has 50 heavy (non-hydrogen) atoms. The van der Waals surface area contributed by atoms with Crippen molar-refractivity contribution in [3.63, 3.8) is 0 Å². The standard InChI is InChI=1S/C34H62N10O6/c1-5-7-16-43(17-8-6-2)18-13-11-14-28(32(48)37-22-30(47)40-24-45)41-33(49)31(25(3)4)42-29(46)15-10-9-12-19-44(36)23-27(35)26-20-38-34(50)39-21-26/h20-21,23,25,28,31,45H,5-19,22,24,35-36H2,1-4H3,(H,37,48)(H,40,47)(H,41,49)(H,42,46)(H,38,39,50)/b27-23-/t28-,31-/m0/s1. The number of aromatic nitrogens is 2. The second-order valence-electron chi connectivity index (χ2n) is 12.8. The minimum atomic E-state index is -0.898. The van der Waals surface area contributed by atoms with E-state index >= 15 is 0 Å². The fourth-order valence-corrected chi connectivity index (χ4v) is 5.11. The van der Waals surface area contributed by atoms with Crippen LogP contribution in [0.2, 0.25) is 0 Å². The highest BCUT2D eigenvalue weighted by Crippen LogP contribution is 2.10. The van der Waals surface area contributed by atoms with E-state index in [4.69, 9.17) is 16.7 Å². The summed E-state index contributed by atoms with van der Waals surface area (Å²) in [6, 6.07) is -1.76. The third kappa shape index (κ3) is 19.2. The number of aliphatic hydroxyl groups is 1. The number of hydrazine groups is 1. The van der Waals surface area contributed by atoms with Crippen LogP contribution in [0, 0.1) is 5.92 Å². The molecule has 0 radical (unpaired) electrons. The van der Waals surface area contributed by atoms with Gasteiger partial charge in [-0.25, -0.2) is 15.6 Å². The predicted octanol–water partition coefficient (Wildman–Crippen LogP) is 0.643. The minimum absolute atomic E-state index is 0.207. The first-order valence-electron chi connectivity index (χ1n) is 17.9. The Kier molecular flexibility index (Phi) is 22.8. The number of carbonyl (C=O) groups is 4. The van der Waals surface area contributed by atoms with Gasteiger partial charge in [-0.3, -0.25) is 19.2 Å². The number of nitrogens with one attached hydrogen (secondary N) is 5. The predicted molar refractivity (Wildman–Crippen MR) is 193 cm³/mol.